The lowest BCUT2D eigenvalue weighted by atomic mass is 9.92. The standard InChI is InChI=1S/C20H21N3O4S/c1-22(2)28(26,27)16-8-5-6-14(12-16)13-23-18(24)20(21-19(23)25)11-10-15-7-3-4-9-17(15)20/h3-9,12H,10-11,13H2,1-2H3,(H,21,25)/t20-/m1/s1. The second kappa shape index (κ2) is 6.42. The van der Waals surface area contributed by atoms with Gasteiger partial charge in [0.25, 0.3) is 5.91 Å². The van der Waals surface area contributed by atoms with Gasteiger partial charge in [0.05, 0.1) is 11.4 Å². The van der Waals surface area contributed by atoms with Gasteiger partial charge in [0.1, 0.15) is 5.54 Å². The summed E-state index contributed by atoms with van der Waals surface area (Å²) in [7, 11) is -0.675. The molecule has 1 N–H and O–H groups in total. The molecular weight excluding hydrogens is 378 g/mol. The number of carbonyl (C=O) groups is 2. The molecule has 4 rings (SSSR count). The van der Waals surface area contributed by atoms with Crippen LogP contribution in [0.5, 0.6) is 0 Å². The highest BCUT2D eigenvalue weighted by Crippen LogP contribution is 2.41. The fraction of sp³-hybridized carbons (Fsp3) is 0.300. The van der Waals surface area contributed by atoms with E-state index in [9.17, 15) is 18.0 Å². The van der Waals surface area contributed by atoms with Crippen LogP contribution in [0.3, 0.4) is 0 Å². The van der Waals surface area contributed by atoms with Crippen LogP contribution in [-0.4, -0.2) is 43.7 Å². The quantitative estimate of drug-likeness (QED) is 0.795. The SMILES string of the molecule is CN(C)S(=O)(=O)c1cccc(CN2C(=O)N[C@@]3(CCc4ccccc43)C2=O)c1. The lowest BCUT2D eigenvalue weighted by Gasteiger charge is -2.22. The van der Waals surface area contributed by atoms with Gasteiger partial charge in [-0.25, -0.2) is 17.5 Å². The van der Waals surface area contributed by atoms with Crippen molar-refractivity contribution in [3.8, 4) is 0 Å². The smallest absolute Gasteiger partial charge is 0.319 e. The van der Waals surface area contributed by atoms with Gasteiger partial charge in [-0.3, -0.25) is 9.69 Å². The number of sulfonamides is 1. The number of benzene rings is 2. The molecule has 0 unspecified atom stereocenters. The number of imide groups is 1. The maximum Gasteiger partial charge on any atom is 0.325 e. The van der Waals surface area contributed by atoms with Gasteiger partial charge in [-0.15, -0.1) is 0 Å². The third-order valence-corrected chi connectivity index (χ3v) is 7.25. The Hall–Kier alpha value is -2.71. The van der Waals surface area contributed by atoms with Gasteiger partial charge in [-0.2, -0.15) is 0 Å². The molecule has 1 saturated heterocycles. The molecule has 3 amide bonds. The van der Waals surface area contributed by atoms with E-state index in [0.29, 0.717) is 12.0 Å². The van der Waals surface area contributed by atoms with Crippen molar-refractivity contribution in [3.63, 3.8) is 0 Å². The Morgan fingerprint density at radius 3 is 2.61 bits per heavy atom. The van der Waals surface area contributed by atoms with Crippen LogP contribution in [0.2, 0.25) is 0 Å². The van der Waals surface area contributed by atoms with Gasteiger partial charge in [0.15, 0.2) is 0 Å². The van der Waals surface area contributed by atoms with Crippen LogP contribution in [0.25, 0.3) is 0 Å². The molecule has 7 nitrogen and oxygen atoms in total. The van der Waals surface area contributed by atoms with Gasteiger partial charge < -0.3 is 5.32 Å². The number of fused-ring (bicyclic) bond motifs is 2. The first-order valence-corrected chi connectivity index (χ1v) is 10.4. The first-order valence-electron chi connectivity index (χ1n) is 9.00. The minimum absolute atomic E-state index is 0.0192. The van der Waals surface area contributed by atoms with Crippen molar-refractivity contribution in [2.24, 2.45) is 0 Å². The van der Waals surface area contributed by atoms with Gasteiger partial charge in [0.2, 0.25) is 10.0 Å². The number of hydrogen-bond acceptors (Lipinski definition) is 4. The van der Waals surface area contributed by atoms with Gasteiger partial charge in [-0.1, -0.05) is 36.4 Å². The van der Waals surface area contributed by atoms with Crippen LogP contribution in [0.1, 0.15) is 23.1 Å². The largest absolute Gasteiger partial charge is 0.325 e. The maximum absolute atomic E-state index is 13.2. The van der Waals surface area contributed by atoms with E-state index in [-0.39, 0.29) is 17.3 Å². The van der Waals surface area contributed by atoms with Gasteiger partial charge >= 0.3 is 6.03 Å². The second-order valence-corrected chi connectivity index (χ2v) is 9.47. The number of hydrogen-bond donors (Lipinski definition) is 1. The zero-order valence-corrected chi connectivity index (χ0v) is 16.5. The van der Waals surface area contributed by atoms with E-state index in [0.717, 1.165) is 21.9 Å². The zero-order valence-electron chi connectivity index (χ0n) is 15.7. The molecule has 1 fully saturated rings. The summed E-state index contributed by atoms with van der Waals surface area (Å²) >= 11 is 0. The first kappa shape index (κ1) is 18.6. The van der Waals surface area contributed by atoms with Crippen LogP contribution < -0.4 is 5.32 Å². The number of urea groups is 1. The lowest BCUT2D eigenvalue weighted by Crippen LogP contribution is -2.41. The van der Waals surface area contributed by atoms with Crippen molar-refractivity contribution in [1.82, 2.24) is 14.5 Å². The fourth-order valence-corrected chi connectivity index (χ4v) is 4.90. The molecular formula is C20H21N3O4S. The molecule has 8 heteroatoms. The molecule has 1 aliphatic heterocycles. The summed E-state index contributed by atoms with van der Waals surface area (Å²) in [4.78, 5) is 27.1. The Kier molecular flexibility index (Phi) is 4.28. The fourth-order valence-electron chi connectivity index (χ4n) is 3.93. The minimum atomic E-state index is -3.59. The number of nitrogens with zero attached hydrogens (tertiary/aromatic N) is 2. The normalized spacial score (nSPS) is 21.5. The highest BCUT2D eigenvalue weighted by atomic mass is 32.2. The molecule has 2 aromatic carbocycles. The Balaban J connectivity index is 1.64. The van der Waals surface area contributed by atoms with Gasteiger partial charge in [0, 0.05) is 14.1 Å². The summed E-state index contributed by atoms with van der Waals surface area (Å²) in [5, 5.41) is 2.88. The van der Waals surface area contributed by atoms with Crippen molar-refractivity contribution >= 4 is 22.0 Å². The monoisotopic (exact) mass is 399 g/mol. The number of carbonyl (C=O) groups excluding carboxylic acids is 2. The third-order valence-electron chi connectivity index (χ3n) is 5.44. The minimum Gasteiger partial charge on any atom is -0.319 e. The van der Waals surface area contributed by atoms with Crippen molar-refractivity contribution < 1.29 is 18.0 Å². The third kappa shape index (κ3) is 2.71. The van der Waals surface area contributed by atoms with E-state index in [4.69, 9.17) is 0 Å². The Labute approximate surface area is 164 Å². The summed E-state index contributed by atoms with van der Waals surface area (Å²) in [5.41, 5.74) is 1.48. The van der Waals surface area contributed by atoms with E-state index in [2.05, 4.69) is 5.32 Å². The van der Waals surface area contributed by atoms with E-state index in [1.807, 2.05) is 24.3 Å². The van der Waals surface area contributed by atoms with E-state index in [1.165, 1.54) is 31.1 Å². The summed E-state index contributed by atoms with van der Waals surface area (Å²) in [6.07, 6.45) is 1.26. The predicted octanol–water partition coefficient (Wildman–Crippen LogP) is 1.83. The van der Waals surface area contributed by atoms with E-state index >= 15 is 0 Å². The van der Waals surface area contributed by atoms with Crippen LogP contribution in [0, 0.1) is 0 Å². The Morgan fingerprint density at radius 2 is 1.86 bits per heavy atom. The first-order chi connectivity index (χ1) is 13.3. The molecule has 0 aromatic heterocycles. The average Bonchev–Trinajstić information content (AvgIpc) is 3.15. The highest BCUT2D eigenvalue weighted by Gasteiger charge is 2.55. The summed E-state index contributed by atoms with van der Waals surface area (Å²) < 4.78 is 25.8. The molecule has 1 atom stereocenters. The van der Waals surface area contributed by atoms with E-state index < -0.39 is 21.6 Å². The van der Waals surface area contributed by atoms with Crippen LogP contribution >= 0.6 is 0 Å². The topological polar surface area (TPSA) is 86.8 Å². The molecule has 0 radical (unpaired) electrons. The van der Waals surface area contributed by atoms with Crippen molar-refractivity contribution in [1.29, 1.82) is 0 Å². The number of aryl methyl sites for hydroxylation is 1. The molecule has 146 valence electrons. The average molecular weight is 399 g/mol. The van der Waals surface area contributed by atoms with Gasteiger partial charge in [-0.05, 0) is 41.7 Å². The molecule has 2 aliphatic rings. The zero-order chi connectivity index (χ0) is 20.1. The Bertz CT molecular complexity index is 1080. The maximum atomic E-state index is 13.2. The highest BCUT2D eigenvalue weighted by molar-refractivity contribution is 7.89. The summed E-state index contributed by atoms with van der Waals surface area (Å²) in [6.45, 7) is 0.0192. The predicted molar refractivity (Wildman–Crippen MR) is 103 cm³/mol. The lowest BCUT2D eigenvalue weighted by molar-refractivity contribution is -0.132. The molecule has 1 aliphatic carbocycles. The molecule has 0 saturated carbocycles. The molecule has 0 bridgehead atoms. The van der Waals surface area contributed by atoms with Crippen molar-refractivity contribution in [2.75, 3.05) is 14.1 Å². The molecule has 1 heterocycles. The molecule has 2 aromatic rings. The second-order valence-electron chi connectivity index (χ2n) is 7.32. The summed E-state index contributed by atoms with van der Waals surface area (Å²) in [6, 6.07) is 13.5. The number of amides is 3. The summed E-state index contributed by atoms with van der Waals surface area (Å²) in [5.74, 6) is -0.289. The van der Waals surface area contributed by atoms with Crippen LogP contribution in [0.4, 0.5) is 4.79 Å². The number of rotatable bonds is 4. The number of nitrogens with one attached hydrogen (secondary N) is 1. The van der Waals surface area contributed by atoms with E-state index in [1.54, 1.807) is 12.1 Å². The van der Waals surface area contributed by atoms with Crippen LogP contribution in [-0.2, 0) is 33.3 Å². The van der Waals surface area contributed by atoms with Crippen LogP contribution in [0.15, 0.2) is 53.4 Å². The molecule has 1 spiro atoms. The van der Waals surface area contributed by atoms with Crippen molar-refractivity contribution in [3.05, 3.63) is 65.2 Å². The molecule has 28 heavy (non-hydrogen) atoms. The van der Waals surface area contributed by atoms with Crippen molar-refractivity contribution in [2.45, 2.75) is 29.8 Å². The Morgan fingerprint density at radius 1 is 1.11 bits per heavy atom.